The highest BCUT2D eigenvalue weighted by Crippen LogP contribution is 2.30. The first-order chi connectivity index (χ1) is 9.02. The highest BCUT2D eigenvalue weighted by molar-refractivity contribution is 9.10. The van der Waals surface area contributed by atoms with Crippen LogP contribution in [0.4, 0.5) is 0 Å². The third-order valence-corrected chi connectivity index (χ3v) is 4.13. The van der Waals surface area contributed by atoms with Crippen LogP contribution in [-0.4, -0.2) is 12.2 Å². The van der Waals surface area contributed by atoms with Crippen molar-refractivity contribution >= 4 is 15.9 Å². The molecule has 2 aromatic carbocycles. The Morgan fingerprint density at radius 2 is 1.68 bits per heavy atom. The van der Waals surface area contributed by atoms with Gasteiger partial charge in [-0.1, -0.05) is 34.1 Å². The summed E-state index contributed by atoms with van der Waals surface area (Å²) >= 11 is 3.51. The van der Waals surface area contributed by atoms with Crippen LogP contribution in [0.3, 0.4) is 0 Å². The molecule has 0 radical (unpaired) electrons. The van der Waals surface area contributed by atoms with Crippen molar-refractivity contribution in [3.63, 3.8) is 0 Å². The highest BCUT2D eigenvalue weighted by atomic mass is 79.9. The topological polar surface area (TPSA) is 29.5 Å². The molecule has 100 valence electrons. The number of hydrogen-bond donors (Lipinski definition) is 1. The average molecular weight is 321 g/mol. The van der Waals surface area contributed by atoms with E-state index in [1.54, 1.807) is 7.11 Å². The zero-order valence-electron chi connectivity index (χ0n) is 11.3. The zero-order chi connectivity index (χ0) is 14.0. The summed E-state index contributed by atoms with van der Waals surface area (Å²) in [5, 5.41) is 10.5. The van der Waals surface area contributed by atoms with Crippen molar-refractivity contribution in [3.05, 3.63) is 63.1 Å². The molecule has 0 heterocycles. The molecule has 0 saturated carbocycles. The standard InChI is InChI=1S/C16H17BrO2/c1-10-9-15(17)11(2)8-14(10)16(18)12-4-6-13(19-3)7-5-12/h4-9,16,18H,1-3H3. The Bertz CT molecular complexity index is 576. The summed E-state index contributed by atoms with van der Waals surface area (Å²) in [6.45, 7) is 4.03. The SMILES string of the molecule is COc1ccc(C(O)c2cc(C)c(Br)cc2C)cc1. The lowest BCUT2D eigenvalue weighted by atomic mass is 9.96. The van der Waals surface area contributed by atoms with Gasteiger partial charge in [0.05, 0.1) is 7.11 Å². The minimum atomic E-state index is -0.613. The van der Waals surface area contributed by atoms with E-state index in [2.05, 4.69) is 15.9 Å². The van der Waals surface area contributed by atoms with E-state index in [4.69, 9.17) is 4.74 Å². The number of benzene rings is 2. The smallest absolute Gasteiger partial charge is 0.118 e. The maximum absolute atomic E-state index is 10.5. The van der Waals surface area contributed by atoms with Gasteiger partial charge in [0.15, 0.2) is 0 Å². The molecular weight excluding hydrogens is 304 g/mol. The van der Waals surface area contributed by atoms with Gasteiger partial charge in [-0.3, -0.25) is 0 Å². The number of aryl methyl sites for hydroxylation is 2. The summed E-state index contributed by atoms with van der Waals surface area (Å²) in [5.74, 6) is 0.791. The number of halogens is 1. The van der Waals surface area contributed by atoms with E-state index >= 15 is 0 Å². The number of aliphatic hydroxyl groups is 1. The van der Waals surface area contributed by atoms with Crippen molar-refractivity contribution < 1.29 is 9.84 Å². The van der Waals surface area contributed by atoms with Gasteiger partial charge in [-0.2, -0.15) is 0 Å². The van der Waals surface area contributed by atoms with Gasteiger partial charge in [0.25, 0.3) is 0 Å². The molecule has 2 rings (SSSR count). The molecule has 0 amide bonds. The Balaban J connectivity index is 2.37. The van der Waals surface area contributed by atoms with Crippen molar-refractivity contribution in [1.29, 1.82) is 0 Å². The summed E-state index contributed by atoms with van der Waals surface area (Å²) in [6.07, 6.45) is -0.613. The molecule has 0 aliphatic carbocycles. The molecule has 1 atom stereocenters. The van der Waals surface area contributed by atoms with Gasteiger partial charge in [0, 0.05) is 4.47 Å². The quantitative estimate of drug-likeness (QED) is 0.920. The summed E-state index contributed by atoms with van der Waals surface area (Å²) < 4.78 is 6.19. The third-order valence-electron chi connectivity index (χ3n) is 3.27. The van der Waals surface area contributed by atoms with E-state index in [1.807, 2.05) is 50.2 Å². The Labute approximate surface area is 122 Å². The van der Waals surface area contributed by atoms with Crippen molar-refractivity contribution in [2.24, 2.45) is 0 Å². The van der Waals surface area contributed by atoms with Crippen LogP contribution in [0.15, 0.2) is 40.9 Å². The van der Waals surface area contributed by atoms with Crippen LogP contribution in [0.1, 0.15) is 28.4 Å². The maximum Gasteiger partial charge on any atom is 0.118 e. The molecule has 2 nitrogen and oxygen atoms in total. The molecule has 0 aliphatic heterocycles. The number of hydrogen-bond acceptors (Lipinski definition) is 2. The minimum Gasteiger partial charge on any atom is -0.497 e. The molecule has 3 heteroatoms. The molecular formula is C16H17BrO2. The molecule has 19 heavy (non-hydrogen) atoms. The molecule has 1 unspecified atom stereocenters. The van der Waals surface area contributed by atoms with E-state index in [9.17, 15) is 5.11 Å². The largest absolute Gasteiger partial charge is 0.497 e. The van der Waals surface area contributed by atoms with Crippen LogP contribution in [0.25, 0.3) is 0 Å². The average Bonchev–Trinajstić information content (AvgIpc) is 2.42. The first-order valence-corrected chi connectivity index (χ1v) is 6.91. The Hall–Kier alpha value is -1.32. The normalized spacial score (nSPS) is 12.3. The van der Waals surface area contributed by atoms with E-state index < -0.39 is 6.10 Å². The molecule has 1 N–H and O–H groups in total. The number of aliphatic hydroxyl groups excluding tert-OH is 1. The monoisotopic (exact) mass is 320 g/mol. The van der Waals surface area contributed by atoms with Gasteiger partial charge in [0.1, 0.15) is 11.9 Å². The molecule has 0 fully saturated rings. The second kappa shape index (κ2) is 5.76. The van der Waals surface area contributed by atoms with Crippen molar-refractivity contribution in [1.82, 2.24) is 0 Å². The van der Waals surface area contributed by atoms with Crippen LogP contribution in [-0.2, 0) is 0 Å². The summed E-state index contributed by atoms with van der Waals surface area (Å²) in [4.78, 5) is 0. The van der Waals surface area contributed by atoms with Crippen LogP contribution in [0.5, 0.6) is 5.75 Å². The van der Waals surface area contributed by atoms with Gasteiger partial charge in [-0.15, -0.1) is 0 Å². The van der Waals surface area contributed by atoms with Gasteiger partial charge >= 0.3 is 0 Å². The van der Waals surface area contributed by atoms with Crippen LogP contribution in [0.2, 0.25) is 0 Å². The molecule has 2 aromatic rings. The molecule has 0 aromatic heterocycles. The van der Waals surface area contributed by atoms with Crippen molar-refractivity contribution in [2.45, 2.75) is 20.0 Å². The summed E-state index contributed by atoms with van der Waals surface area (Å²) in [6, 6.07) is 11.6. The second-order valence-electron chi connectivity index (χ2n) is 4.63. The second-order valence-corrected chi connectivity index (χ2v) is 5.49. The van der Waals surface area contributed by atoms with Gasteiger partial charge < -0.3 is 9.84 Å². The van der Waals surface area contributed by atoms with E-state index in [0.29, 0.717) is 0 Å². The Kier molecular flexibility index (Phi) is 4.27. The first kappa shape index (κ1) is 14.1. The fourth-order valence-electron chi connectivity index (χ4n) is 2.06. The molecule has 0 bridgehead atoms. The Morgan fingerprint density at radius 1 is 1.05 bits per heavy atom. The van der Waals surface area contributed by atoms with Crippen LogP contribution >= 0.6 is 15.9 Å². The van der Waals surface area contributed by atoms with Crippen molar-refractivity contribution in [2.75, 3.05) is 7.11 Å². The van der Waals surface area contributed by atoms with Crippen LogP contribution in [0, 0.1) is 13.8 Å². The summed E-state index contributed by atoms with van der Waals surface area (Å²) in [7, 11) is 1.63. The fraction of sp³-hybridized carbons (Fsp3) is 0.250. The summed E-state index contributed by atoms with van der Waals surface area (Å²) in [5.41, 5.74) is 3.99. The number of methoxy groups -OCH3 is 1. The maximum atomic E-state index is 10.5. The molecule has 0 saturated heterocycles. The highest BCUT2D eigenvalue weighted by Gasteiger charge is 2.14. The number of rotatable bonds is 3. The third kappa shape index (κ3) is 2.99. The lowest BCUT2D eigenvalue weighted by Crippen LogP contribution is -2.03. The van der Waals surface area contributed by atoms with Gasteiger partial charge in [-0.05, 0) is 54.3 Å². The van der Waals surface area contributed by atoms with Crippen LogP contribution < -0.4 is 4.74 Å². The molecule has 0 aliphatic rings. The zero-order valence-corrected chi connectivity index (χ0v) is 12.9. The lowest BCUT2D eigenvalue weighted by molar-refractivity contribution is 0.219. The molecule has 0 spiro atoms. The van der Waals surface area contributed by atoms with E-state index in [0.717, 1.165) is 32.5 Å². The predicted octanol–water partition coefficient (Wildman–Crippen LogP) is 4.16. The first-order valence-electron chi connectivity index (χ1n) is 6.11. The Morgan fingerprint density at radius 3 is 2.26 bits per heavy atom. The predicted molar refractivity (Wildman–Crippen MR) is 80.7 cm³/mol. The van der Waals surface area contributed by atoms with E-state index in [-0.39, 0.29) is 0 Å². The number of ether oxygens (including phenoxy) is 1. The van der Waals surface area contributed by atoms with E-state index in [1.165, 1.54) is 0 Å². The lowest BCUT2D eigenvalue weighted by Gasteiger charge is -2.16. The van der Waals surface area contributed by atoms with Crippen molar-refractivity contribution in [3.8, 4) is 5.75 Å². The van der Waals surface area contributed by atoms with Gasteiger partial charge in [-0.25, -0.2) is 0 Å². The minimum absolute atomic E-state index is 0.613. The fourth-order valence-corrected chi connectivity index (χ4v) is 2.52. The van der Waals surface area contributed by atoms with Gasteiger partial charge in [0.2, 0.25) is 0 Å².